The molecule has 0 aromatic carbocycles. The Bertz CT molecular complexity index is 190. The van der Waals surface area contributed by atoms with Gasteiger partial charge in [0.15, 0.2) is 0 Å². The monoisotopic (exact) mass is 222 g/mol. The molecule has 2 N–H and O–H groups in total. The van der Waals surface area contributed by atoms with Crippen molar-refractivity contribution in [1.82, 2.24) is 0 Å². The Hall–Kier alpha value is -0.136. The smallest absolute Gasteiger partial charge is 0 e. The summed E-state index contributed by atoms with van der Waals surface area (Å²) >= 11 is 0. The van der Waals surface area contributed by atoms with Gasteiger partial charge in [-0.25, -0.2) is 12.3 Å². The van der Waals surface area contributed by atoms with Gasteiger partial charge in [0.2, 0.25) is 0 Å². The minimum atomic E-state index is 0. The van der Waals surface area contributed by atoms with E-state index in [1.807, 2.05) is 6.92 Å². The van der Waals surface area contributed by atoms with Crippen LogP contribution >= 0.6 is 0 Å². The van der Waals surface area contributed by atoms with E-state index in [9.17, 15) is 0 Å². The fourth-order valence-electron chi connectivity index (χ4n) is 0.355. The van der Waals surface area contributed by atoms with E-state index in [0.29, 0.717) is 0 Å². The van der Waals surface area contributed by atoms with Crippen LogP contribution in [0, 0.1) is 12.3 Å². The summed E-state index contributed by atoms with van der Waals surface area (Å²) in [5.41, 5.74) is 6.66. The van der Waals surface area contributed by atoms with E-state index in [-0.39, 0.29) is 32.7 Å². The van der Waals surface area contributed by atoms with Crippen LogP contribution in [0.25, 0.3) is 0 Å². The maximum Gasteiger partial charge on any atom is 0 e. The minimum Gasteiger partial charge on any atom is -0.499 e. The Morgan fingerprint density at radius 3 is 2.45 bits per heavy atom. The molecule has 2 heteroatoms. The number of hydrogen-bond acceptors (Lipinski definition) is 1. The molecule has 0 heterocycles. The van der Waals surface area contributed by atoms with Gasteiger partial charge in [-0.3, -0.25) is 12.2 Å². The van der Waals surface area contributed by atoms with Crippen LogP contribution in [-0.4, -0.2) is 0 Å². The van der Waals surface area contributed by atoms with Crippen molar-refractivity contribution in [1.29, 1.82) is 0 Å². The maximum absolute atomic E-state index is 5.12. The molecule has 0 aromatic rings. The first kappa shape index (κ1) is 13.5. The van der Waals surface area contributed by atoms with Crippen LogP contribution in [0.15, 0.2) is 36.5 Å². The van der Waals surface area contributed by atoms with Gasteiger partial charge in [-0.15, -0.1) is 19.6 Å². The van der Waals surface area contributed by atoms with E-state index < -0.39 is 0 Å². The Morgan fingerprint density at radius 2 is 2.09 bits per heavy atom. The Morgan fingerprint density at radius 1 is 1.55 bits per heavy atom. The van der Waals surface area contributed by atoms with Crippen LogP contribution in [0.3, 0.4) is 0 Å². The number of allylic oxidation sites excluding steroid dienone is 5. The van der Waals surface area contributed by atoms with E-state index in [0.717, 1.165) is 11.1 Å². The van der Waals surface area contributed by atoms with Gasteiger partial charge in [0.1, 0.15) is 0 Å². The third kappa shape index (κ3) is 6.27. The summed E-state index contributed by atoms with van der Waals surface area (Å²) < 4.78 is 0. The van der Waals surface area contributed by atoms with Crippen molar-refractivity contribution in [3.05, 3.63) is 48.7 Å². The molecule has 0 unspecified atom stereocenters. The molecule has 1 radical (unpaired) electrons. The van der Waals surface area contributed by atoms with Crippen LogP contribution < -0.4 is 5.73 Å². The third-order valence-corrected chi connectivity index (χ3v) is 1.04. The first-order chi connectivity index (χ1) is 4.72. The topological polar surface area (TPSA) is 26.0 Å². The summed E-state index contributed by atoms with van der Waals surface area (Å²) in [6.07, 6.45) is 8.66. The maximum atomic E-state index is 5.12. The van der Waals surface area contributed by atoms with Crippen molar-refractivity contribution in [2.45, 2.75) is 6.92 Å². The first-order valence-electron chi connectivity index (χ1n) is 2.92. The van der Waals surface area contributed by atoms with Crippen molar-refractivity contribution in [2.75, 3.05) is 0 Å². The summed E-state index contributed by atoms with van der Waals surface area (Å²) in [4.78, 5) is 0. The van der Waals surface area contributed by atoms with Crippen LogP contribution in [-0.2, 0) is 32.7 Å². The van der Waals surface area contributed by atoms with Gasteiger partial charge in [0.25, 0.3) is 0 Å². The molecule has 0 amide bonds. The second kappa shape index (κ2) is 7.97. The summed E-state index contributed by atoms with van der Waals surface area (Å²) in [6, 6.07) is 0. The number of hydrogen-bond donors (Lipinski definition) is 1. The minimum absolute atomic E-state index is 0. The van der Waals surface area contributed by atoms with Gasteiger partial charge in [-0.2, -0.15) is 6.08 Å². The standard InChI is InChI=1S/C9H11N.Y/c1-4-5-6-8(2)9(3)7-10;/h4-5H,1-2,10H2,3H3;/q-2;. The largest absolute Gasteiger partial charge is 0.499 e. The van der Waals surface area contributed by atoms with Gasteiger partial charge in [-0.05, 0) is 0 Å². The second-order valence-corrected chi connectivity index (χ2v) is 1.79. The molecule has 57 valence electrons. The first-order valence-corrected chi connectivity index (χ1v) is 2.92. The molecule has 0 bridgehead atoms. The average molecular weight is 222 g/mol. The van der Waals surface area contributed by atoms with Gasteiger partial charge < -0.3 is 11.3 Å². The Kier molecular flexibility index (Phi) is 9.74. The molecule has 0 aliphatic rings. The van der Waals surface area contributed by atoms with Gasteiger partial charge in [-0.1, -0.05) is 0 Å². The summed E-state index contributed by atoms with van der Waals surface area (Å²) in [5.74, 6) is 0. The average Bonchev–Trinajstić information content (AvgIpc) is 1.98. The van der Waals surface area contributed by atoms with Crippen molar-refractivity contribution >= 4 is 0 Å². The summed E-state index contributed by atoms with van der Waals surface area (Å²) in [6.45, 7) is 9.02. The molecule has 0 aliphatic carbocycles. The Labute approximate surface area is 93.6 Å². The van der Waals surface area contributed by atoms with Gasteiger partial charge >= 0.3 is 0 Å². The van der Waals surface area contributed by atoms with E-state index in [4.69, 9.17) is 5.73 Å². The molecular formula is C9H11NY-2. The molecule has 0 rings (SSSR count). The van der Waals surface area contributed by atoms with E-state index in [1.165, 1.54) is 0 Å². The van der Waals surface area contributed by atoms with Crippen molar-refractivity contribution in [2.24, 2.45) is 5.73 Å². The van der Waals surface area contributed by atoms with Crippen molar-refractivity contribution < 1.29 is 32.7 Å². The van der Waals surface area contributed by atoms with Crippen LogP contribution in [0.1, 0.15) is 6.92 Å². The molecular weight excluding hydrogens is 211 g/mol. The van der Waals surface area contributed by atoms with Gasteiger partial charge in [0.05, 0.1) is 0 Å². The van der Waals surface area contributed by atoms with Crippen LogP contribution in [0.2, 0.25) is 0 Å². The zero-order valence-electron chi connectivity index (χ0n) is 6.72. The molecule has 0 fully saturated rings. The fourth-order valence-corrected chi connectivity index (χ4v) is 0.355. The molecule has 0 aromatic heterocycles. The summed E-state index contributed by atoms with van der Waals surface area (Å²) in [5, 5.41) is 0. The zero-order chi connectivity index (χ0) is 7.98. The van der Waals surface area contributed by atoms with Crippen LogP contribution in [0.4, 0.5) is 0 Å². The quantitative estimate of drug-likeness (QED) is 0.439. The number of nitrogens with two attached hydrogens (primary N) is 1. The molecule has 0 spiro atoms. The van der Waals surface area contributed by atoms with E-state index >= 15 is 0 Å². The normalized spacial score (nSPS) is 10.8. The van der Waals surface area contributed by atoms with Crippen LogP contribution in [0.5, 0.6) is 0 Å². The fraction of sp³-hybridized carbons (Fsp3) is 0.111. The predicted octanol–water partition coefficient (Wildman–Crippen LogP) is 1.75. The SMILES string of the molecule is C=CC=[C-]C(=C)C(C)=[C-]N.[Y]. The van der Waals surface area contributed by atoms with Crippen molar-refractivity contribution in [3.8, 4) is 0 Å². The Balaban J connectivity index is 0. The summed E-state index contributed by atoms with van der Waals surface area (Å²) in [7, 11) is 0. The molecule has 0 atom stereocenters. The van der Waals surface area contributed by atoms with E-state index in [2.05, 4.69) is 25.4 Å². The van der Waals surface area contributed by atoms with E-state index in [1.54, 1.807) is 12.2 Å². The van der Waals surface area contributed by atoms with Gasteiger partial charge in [0, 0.05) is 32.7 Å². The second-order valence-electron chi connectivity index (χ2n) is 1.79. The number of rotatable bonds is 3. The zero-order valence-corrected chi connectivity index (χ0v) is 9.56. The molecule has 1 nitrogen and oxygen atoms in total. The third-order valence-electron chi connectivity index (χ3n) is 1.04. The molecule has 0 saturated carbocycles. The van der Waals surface area contributed by atoms with Crippen molar-refractivity contribution in [3.63, 3.8) is 0 Å². The predicted molar refractivity (Wildman–Crippen MR) is 43.8 cm³/mol. The molecule has 0 saturated heterocycles. The molecule has 0 aliphatic heterocycles. The molecule has 11 heavy (non-hydrogen) atoms.